The van der Waals surface area contributed by atoms with Gasteiger partial charge in [0.25, 0.3) is 0 Å². The van der Waals surface area contributed by atoms with Gasteiger partial charge in [0, 0.05) is 5.92 Å². The van der Waals surface area contributed by atoms with Crippen LogP contribution in [0.3, 0.4) is 0 Å². The lowest BCUT2D eigenvalue weighted by molar-refractivity contribution is -0.0656. The van der Waals surface area contributed by atoms with Crippen molar-refractivity contribution in [3.63, 3.8) is 0 Å². The molecule has 5 nitrogen and oxygen atoms in total. The molecule has 0 aliphatic heterocycles. The molecule has 1 unspecified atom stereocenters. The molecular weight excluding hydrogens is 360 g/mol. The molecule has 0 amide bonds. The van der Waals surface area contributed by atoms with Gasteiger partial charge in [-0.05, 0) is 42.8 Å². The minimum absolute atomic E-state index is 0.0523. The maximum atomic E-state index is 10.4. The first-order valence-corrected chi connectivity index (χ1v) is 12.5. The predicted octanol–water partition coefficient (Wildman–Crippen LogP) is 3.98. The zero-order chi connectivity index (χ0) is 20.8. The number of hydrogen-bond donors (Lipinski definition) is 2. The van der Waals surface area contributed by atoms with Crippen molar-refractivity contribution in [2.45, 2.75) is 77.7 Å². The lowest BCUT2D eigenvalue weighted by Gasteiger charge is -2.41. The van der Waals surface area contributed by atoms with Crippen LogP contribution in [-0.4, -0.2) is 50.6 Å². The van der Waals surface area contributed by atoms with Crippen LogP contribution in [0.1, 0.15) is 40.2 Å². The number of methoxy groups -OCH3 is 1. The molecule has 1 aromatic rings. The van der Waals surface area contributed by atoms with Crippen LogP contribution < -0.4 is 4.74 Å². The van der Waals surface area contributed by atoms with Gasteiger partial charge in [-0.3, -0.25) is 0 Å². The van der Waals surface area contributed by atoms with E-state index in [9.17, 15) is 10.2 Å². The minimum Gasteiger partial charge on any atom is -0.497 e. The summed E-state index contributed by atoms with van der Waals surface area (Å²) in [7, 11) is -0.400. The number of hydrogen-bond acceptors (Lipinski definition) is 5. The fourth-order valence-electron chi connectivity index (χ4n) is 2.52. The third-order valence-electron chi connectivity index (χ3n) is 5.58. The van der Waals surface area contributed by atoms with Crippen molar-refractivity contribution >= 4 is 8.32 Å². The van der Waals surface area contributed by atoms with E-state index in [2.05, 4.69) is 33.9 Å². The van der Waals surface area contributed by atoms with E-state index >= 15 is 0 Å². The molecule has 2 N–H and O–H groups in total. The Labute approximate surface area is 165 Å². The van der Waals surface area contributed by atoms with Gasteiger partial charge >= 0.3 is 0 Å². The smallest absolute Gasteiger partial charge is 0.192 e. The zero-order valence-corrected chi connectivity index (χ0v) is 19.2. The van der Waals surface area contributed by atoms with E-state index in [4.69, 9.17) is 13.9 Å². The van der Waals surface area contributed by atoms with Crippen LogP contribution >= 0.6 is 0 Å². The fourth-order valence-corrected chi connectivity index (χ4v) is 3.92. The number of aliphatic hydroxyl groups is 2. The highest BCUT2D eigenvalue weighted by Crippen LogP contribution is 2.38. The molecule has 1 aromatic carbocycles. The summed E-state index contributed by atoms with van der Waals surface area (Å²) in [6.45, 7) is 15.3. The molecular formula is C21H38O5Si. The molecule has 4 atom stereocenters. The summed E-state index contributed by atoms with van der Waals surface area (Å²) in [6, 6.07) is 7.75. The Morgan fingerprint density at radius 2 is 1.59 bits per heavy atom. The second-order valence-corrected chi connectivity index (χ2v) is 13.6. The van der Waals surface area contributed by atoms with E-state index in [0.29, 0.717) is 13.2 Å². The average molecular weight is 399 g/mol. The van der Waals surface area contributed by atoms with Crippen LogP contribution in [0.15, 0.2) is 24.3 Å². The van der Waals surface area contributed by atoms with Gasteiger partial charge in [0.15, 0.2) is 8.32 Å². The summed E-state index contributed by atoms with van der Waals surface area (Å²) >= 11 is 0. The Kier molecular flexibility index (Phi) is 8.96. The average Bonchev–Trinajstić information content (AvgIpc) is 2.59. The Bertz CT molecular complexity index is 551. The van der Waals surface area contributed by atoms with Gasteiger partial charge in [-0.2, -0.15) is 0 Å². The number of aliphatic hydroxyl groups excluding tert-OH is 2. The van der Waals surface area contributed by atoms with Crippen molar-refractivity contribution in [1.29, 1.82) is 0 Å². The number of benzene rings is 1. The third-order valence-corrected chi connectivity index (χ3v) is 10.1. The van der Waals surface area contributed by atoms with E-state index in [-0.39, 0.29) is 17.1 Å². The van der Waals surface area contributed by atoms with Crippen molar-refractivity contribution in [2.24, 2.45) is 5.92 Å². The van der Waals surface area contributed by atoms with Gasteiger partial charge < -0.3 is 24.1 Å². The highest BCUT2D eigenvalue weighted by molar-refractivity contribution is 6.74. The highest BCUT2D eigenvalue weighted by atomic mass is 28.4. The molecule has 6 heteroatoms. The van der Waals surface area contributed by atoms with Crippen LogP contribution in [-0.2, 0) is 15.8 Å². The Balaban J connectivity index is 2.80. The van der Waals surface area contributed by atoms with E-state index < -0.39 is 20.5 Å². The van der Waals surface area contributed by atoms with Crippen molar-refractivity contribution in [3.8, 4) is 5.75 Å². The lowest BCUT2D eigenvalue weighted by atomic mass is 9.95. The van der Waals surface area contributed by atoms with Gasteiger partial charge in [-0.25, -0.2) is 0 Å². The van der Waals surface area contributed by atoms with E-state index in [1.165, 1.54) is 0 Å². The van der Waals surface area contributed by atoms with E-state index in [0.717, 1.165) is 11.3 Å². The standard InChI is InChI=1S/C21H38O5Si/c1-15(20(23)16(2)22)19(26-27(7,8)21(3,4)5)14-25-13-17-9-11-18(24-6)12-10-17/h9-12,15-16,19-20,22-23H,13-14H2,1-8H3/t15-,16+,19-,20?/m1/s1. The molecule has 0 bridgehead atoms. The molecule has 0 spiro atoms. The molecule has 156 valence electrons. The first kappa shape index (κ1) is 24.1. The second kappa shape index (κ2) is 10.0. The molecule has 0 saturated heterocycles. The number of rotatable bonds is 10. The SMILES string of the molecule is COc1ccc(COC[C@@H](O[Si](C)(C)C(C)(C)C)[C@@H](C)C(O)[C@H](C)O)cc1. The van der Waals surface area contributed by atoms with E-state index in [1.807, 2.05) is 31.2 Å². The largest absolute Gasteiger partial charge is 0.497 e. The Morgan fingerprint density at radius 3 is 2.04 bits per heavy atom. The van der Waals surface area contributed by atoms with Crippen molar-refractivity contribution in [2.75, 3.05) is 13.7 Å². The predicted molar refractivity (Wildman–Crippen MR) is 112 cm³/mol. The van der Waals surface area contributed by atoms with Crippen LogP contribution in [0, 0.1) is 5.92 Å². The third kappa shape index (κ3) is 7.20. The summed E-state index contributed by atoms with van der Waals surface area (Å²) in [4.78, 5) is 0. The minimum atomic E-state index is -2.04. The molecule has 1 rings (SSSR count). The summed E-state index contributed by atoms with van der Waals surface area (Å²) in [5.41, 5.74) is 1.05. The van der Waals surface area contributed by atoms with Crippen LogP contribution in [0.25, 0.3) is 0 Å². The molecule has 0 fully saturated rings. The van der Waals surface area contributed by atoms with Crippen LogP contribution in [0.5, 0.6) is 5.75 Å². The van der Waals surface area contributed by atoms with Crippen molar-refractivity contribution < 1.29 is 24.1 Å². The molecule has 0 aliphatic carbocycles. The summed E-state index contributed by atoms with van der Waals surface area (Å²) < 4.78 is 17.6. The summed E-state index contributed by atoms with van der Waals surface area (Å²) in [5.74, 6) is 0.571. The van der Waals surface area contributed by atoms with Gasteiger partial charge in [0.1, 0.15) is 5.75 Å². The molecule has 27 heavy (non-hydrogen) atoms. The Morgan fingerprint density at radius 1 is 1.04 bits per heavy atom. The molecule has 0 aromatic heterocycles. The monoisotopic (exact) mass is 398 g/mol. The van der Waals surface area contributed by atoms with Gasteiger partial charge in [-0.15, -0.1) is 0 Å². The van der Waals surface area contributed by atoms with Crippen molar-refractivity contribution in [3.05, 3.63) is 29.8 Å². The number of ether oxygens (including phenoxy) is 2. The van der Waals surface area contributed by atoms with Gasteiger partial charge in [0.2, 0.25) is 0 Å². The first-order chi connectivity index (χ1) is 12.4. The second-order valence-electron chi connectivity index (χ2n) is 8.87. The highest BCUT2D eigenvalue weighted by Gasteiger charge is 2.41. The quantitative estimate of drug-likeness (QED) is 0.584. The van der Waals surface area contributed by atoms with Crippen molar-refractivity contribution in [1.82, 2.24) is 0 Å². The zero-order valence-electron chi connectivity index (χ0n) is 18.2. The fraction of sp³-hybridized carbons (Fsp3) is 0.714. The van der Waals surface area contributed by atoms with Gasteiger partial charge in [-0.1, -0.05) is 39.8 Å². The maximum Gasteiger partial charge on any atom is 0.192 e. The van der Waals surface area contributed by atoms with Gasteiger partial charge in [0.05, 0.1) is 38.6 Å². The molecule has 0 aliphatic rings. The van der Waals surface area contributed by atoms with Crippen LogP contribution in [0.4, 0.5) is 0 Å². The summed E-state index contributed by atoms with van der Waals surface area (Å²) in [5, 5.41) is 20.2. The molecule has 0 radical (unpaired) electrons. The molecule has 0 saturated carbocycles. The van der Waals surface area contributed by atoms with E-state index in [1.54, 1.807) is 14.0 Å². The maximum absolute atomic E-state index is 10.4. The van der Waals surface area contributed by atoms with Crippen LogP contribution in [0.2, 0.25) is 18.1 Å². The topological polar surface area (TPSA) is 68.2 Å². The normalized spacial score (nSPS) is 17.3. The summed E-state index contributed by atoms with van der Waals surface area (Å²) in [6.07, 6.45) is -1.95. The first-order valence-electron chi connectivity index (χ1n) is 9.63. The molecule has 0 heterocycles. The lowest BCUT2D eigenvalue weighted by Crippen LogP contribution is -2.49. The Hall–Kier alpha value is -0.923.